The third kappa shape index (κ3) is 8.12. The van der Waals surface area contributed by atoms with Gasteiger partial charge in [0.05, 0.1) is 43.2 Å². The highest BCUT2D eigenvalue weighted by atomic mass is 19.1. The standard InChI is InChI=1S/C21H22BFO6.C15H12BFO5/c1-20(2)21(3,4)29-22(28-20)16-8-7-15(10-14(16)12-24)27-18-9-6-13(11-17(18)23)19(25)26-5;1-20-15(18)9-2-5-14(13(17)7-9)22-11-3-4-12-10(6-11)8-21-16(12)19/h6-12H,1-5H3;2-7,19H,8H2,1H3. The number of esters is 2. The number of aldehydes is 1. The van der Waals surface area contributed by atoms with E-state index in [0.29, 0.717) is 28.5 Å². The van der Waals surface area contributed by atoms with Gasteiger partial charge in [0.25, 0.3) is 0 Å². The van der Waals surface area contributed by atoms with E-state index in [2.05, 4.69) is 9.47 Å². The molecule has 2 aliphatic heterocycles. The Morgan fingerprint density at radius 1 is 0.745 bits per heavy atom. The Hall–Kier alpha value is -5.08. The van der Waals surface area contributed by atoms with Gasteiger partial charge in [0.2, 0.25) is 0 Å². The molecular formula is C36H34B2F2O11. The number of carbonyl (C=O) groups excluding carboxylic acids is 3. The van der Waals surface area contributed by atoms with Gasteiger partial charge in [-0.1, -0.05) is 12.1 Å². The second-order valence-corrected chi connectivity index (χ2v) is 12.5. The third-order valence-corrected chi connectivity index (χ3v) is 8.63. The van der Waals surface area contributed by atoms with Crippen LogP contribution in [-0.2, 0) is 30.0 Å². The van der Waals surface area contributed by atoms with Gasteiger partial charge in [-0.25, -0.2) is 18.4 Å². The third-order valence-electron chi connectivity index (χ3n) is 8.63. The van der Waals surface area contributed by atoms with E-state index in [1.165, 1.54) is 44.6 Å². The van der Waals surface area contributed by atoms with Gasteiger partial charge in [0.1, 0.15) is 17.8 Å². The molecule has 2 aliphatic rings. The molecule has 0 spiro atoms. The number of rotatable bonds is 8. The van der Waals surface area contributed by atoms with Crippen molar-refractivity contribution >= 4 is 43.4 Å². The van der Waals surface area contributed by atoms with Crippen molar-refractivity contribution in [3.8, 4) is 23.0 Å². The van der Waals surface area contributed by atoms with Crippen molar-refractivity contribution in [2.45, 2.75) is 45.5 Å². The van der Waals surface area contributed by atoms with Gasteiger partial charge in [-0.15, -0.1) is 0 Å². The summed E-state index contributed by atoms with van der Waals surface area (Å²) in [5.74, 6) is -2.07. The van der Waals surface area contributed by atoms with E-state index in [9.17, 15) is 28.2 Å². The molecule has 4 aromatic rings. The fourth-order valence-corrected chi connectivity index (χ4v) is 5.08. The topological polar surface area (TPSA) is 136 Å². The lowest BCUT2D eigenvalue weighted by Crippen LogP contribution is -2.41. The number of benzene rings is 4. The van der Waals surface area contributed by atoms with E-state index < -0.39 is 49.0 Å². The van der Waals surface area contributed by atoms with E-state index in [4.69, 9.17) is 23.4 Å². The highest BCUT2D eigenvalue weighted by Gasteiger charge is 2.52. The summed E-state index contributed by atoms with van der Waals surface area (Å²) in [4.78, 5) is 34.4. The monoisotopic (exact) mass is 702 g/mol. The Bertz CT molecular complexity index is 1950. The molecule has 0 atom stereocenters. The molecule has 1 N–H and O–H groups in total. The first-order chi connectivity index (χ1) is 24.2. The molecule has 0 radical (unpaired) electrons. The van der Waals surface area contributed by atoms with Crippen molar-refractivity contribution in [3.63, 3.8) is 0 Å². The molecule has 11 nitrogen and oxygen atoms in total. The van der Waals surface area contributed by atoms with Crippen molar-refractivity contribution in [1.82, 2.24) is 0 Å². The van der Waals surface area contributed by atoms with Gasteiger partial charge in [0, 0.05) is 5.56 Å². The van der Waals surface area contributed by atoms with Crippen molar-refractivity contribution in [2.24, 2.45) is 0 Å². The first-order valence-electron chi connectivity index (χ1n) is 15.6. The molecule has 0 unspecified atom stereocenters. The van der Waals surface area contributed by atoms with Crippen molar-refractivity contribution in [2.75, 3.05) is 14.2 Å². The largest absolute Gasteiger partial charge is 0.495 e. The molecule has 0 aliphatic carbocycles. The molecule has 51 heavy (non-hydrogen) atoms. The van der Waals surface area contributed by atoms with Crippen LogP contribution in [0, 0.1) is 11.6 Å². The van der Waals surface area contributed by atoms with Crippen LogP contribution in [0.3, 0.4) is 0 Å². The molecule has 0 bridgehead atoms. The van der Waals surface area contributed by atoms with Crippen LogP contribution in [0.2, 0.25) is 0 Å². The average Bonchev–Trinajstić information content (AvgIpc) is 3.58. The van der Waals surface area contributed by atoms with Crippen LogP contribution in [0.1, 0.15) is 64.3 Å². The van der Waals surface area contributed by atoms with Gasteiger partial charge < -0.3 is 37.9 Å². The smallest absolute Gasteiger partial charge is 0.465 e. The Balaban J connectivity index is 0.000000205. The lowest BCUT2D eigenvalue weighted by atomic mass is 9.76. The second-order valence-electron chi connectivity index (χ2n) is 12.5. The number of methoxy groups -OCH3 is 2. The van der Waals surface area contributed by atoms with Gasteiger partial charge in [-0.2, -0.15) is 0 Å². The molecule has 0 saturated carbocycles. The minimum absolute atomic E-state index is 0.00735. The van der Waals surface area contributed by atoms with Crippen LogP contribution < -0.4 is 20.4 Å². The summed E-state index contributed by atoms with van der Waals surface area (Å²) in [6.45, 7) is 7.97. The summed E-state index contributed by atoms with van der Waals surface area (Å²) in [6, 6.07) is 17.3. The van der Waals surface area contributed by atoms with E-state index in [0.717, 1.165) is 17.7 Å². The van der Waals surface area contributed by atoms with Gasteiger partial charge in [-0.3, -0.25) is 4.79 Å². The zero-order valence-corrected chi connectivity index (χ0v) is 28.7. The Kier molecular flexibility index (Phi) is 11.0. The van der Waals surface area contributed by atoms with Crippen LogP contribution in [0.4, 0.5) is 8.78 Å². The van der Waals surface area contributed by atoms with E-state index >= 15 is 0 Å². The zero-order valence-electron chi connectivity index (χ0n) is 28.7. The highest BCUT2D eigenvalue weighted by molar-refractivity contribution is 6.63. The summed E-state index contributed by atoms with van der Waals surface area (Å²) in [5, 5.41) is 9.55. The van der Waals surface area contributed by atoms with Gasteiger partial charge in [0.15, 0.2) is 23.1 Å². The normalized spacial score (nSPS) is 15.3. The van der Waals surface area contributed by atoms with Crippen LogP contribution in [0.25, 0.3) is 0 Å². The quantitative estimate of drug-likeness (QED) is 0.149. The van der Waals surface area contributed by atoms with Crippen molar-refractivity contribution in [3.05, 3.63) is 107 Å². The van der Waals surface area contributed by atoms with Crippen LogP contribution in [0.15, 0.2) is 72.8 Å². The van der Waals surface area contributed by atoms with Crippen LogP contribution >= 0.6 is 0 Å². The SMILES string of the molecule is COC(=O)c1ccc(Oc2ccc(B3OC(C)(C)C(C)(C)O3)c(C=O)c2)c(F)c1.COC(=O)c1ccc(Oc2ccc3c(c2)COB3O)c(F)c1. The fraction of sp³-hybridized carbons (Fsp3) is 0.250. The van der Waals surface area contributed by atoms with Crippen molar-refractivity contribution in [1.29, 1.82) is 0 Å². The number of hydrogen-bond donors (Lipinski definition) is 1. The highest BCUT2D eigenvalue weighted by Crippen LogP contribution is 2.37. The maximum Gasteiger partial charge on any atom is 0.495 e. The van der Waals surface area contributed by atoms with Gasteiger partial charge in [-0.05, 0) is 105 Å². The summed E-state index contributed by atoms with van der Waals surface area (Å²) < 4.78 is 65.4. The number of carbonyl (C=O) groups is 3. The van der Waals surface area contributed by atoms with Crippen LogP contribution in [-0.4, -0.2) is 62.9 Å². The Morgan fingerprint density at radius 2 is 1.24 bits per heavy atom. The molecule has 1 saturated heterocycles. The first-order valence-corrected chi connectivity index (χ1v) is 15.6. The Labute approximate surface area is 293 Å². The molecule has 264 valence electrons. The van der Waals surface area contributed by atoms with E-state index in [1.54, 1.807) is 30.3 Å². The fourth-order valence-electron chi connectivity index (χ4n) is 5.08. The number of hydrogen-bond acceptors (Lipinski definition) is 11. The molecule has 4 aromatic carbocycles. The molecule has 2 heterocycles. The number of fused-ring (bicyclic) bond motifs is 1. The summed E-state index contributed by atoms with van der Waals surface area (Å²) >= 11 is 0. The molecular weight excluding hydrogens is 668 g/mol. The van der Waals surface area contributed by atoms with E-state index in [1.807, 2.05) is 27.7 Å². The second kappa shape index (κ2) is 15.0. The lowest BCUT2D eigenvalue weighted by molar-refractivity contribution is 0.00578. The predicted octanol–water partition coefficient (Wildman–Crippen LogP) is 5.14. The maximum absolute atomic E-state index is 14.3. The minimum atomic E-state index is -0.930. The summed E-state index contributed by atoms with van der Waals surface area (Å²) in [7, 11) is 0.809. The van der Waals surface area contributed by atoms with Crippen LogP contribution in [0.5, 0.6) is 23.0 Å². The zero-order chi connectivity index (χ0) is 37.1. The van der Waals surface area contributed by atoms with Gasteiger partial charge >= 0.3 is 26.2 Å². The first kappa shape index (κ1) is 37.2. The Morgan fingerprint density at radius 3 is 1.71 bits per heavy atom. The molecule has 0 amide bonds. The number of halogens is 2. The number of ether oxygens (including phenoxy) is 4. The summed E-state index contributed by atoms with van der Waals surface area (Å²) in [5.41, 5.74) is 1.43. The summed E-state index contributed by atoms with van der Waals surface area (Å²) in [6.07, 6.45) is 0.671. The molecule has 1 fully saturated rings. The van der Waals surface area contributed by atoms with E-state index in [-0.39, 0.29) is 35.0 Å². The maximum atomic E-state index is 14.3. The molecule has 15 heteroatoms. The van der Waals surface area contributed by atoms with Crippen molar-refractivity contribution < 1.29 is 61.1 Å². The lowest BCUT2D eigenvalue weighted by Gasteiger charge is -2.32. The molecule has 0 aromatic heterocycles. The molecule has 6 rings (SSSR count). The average molecular weight is 702 g/mol. The minimum Gasteiger partial charge on any atom is -0.465 e. The predicted molar refractivity (Wildman–Crippen MR) is 182 cm³/mol.